The number of rotatable bonds is 0. The second-order valence-electron chi connectivity index (χ2n) is 3.35. The number of allylic oxidation sites excluding steroid dienone is 1. The van der Waals surface area contributed by atoms with Crippen LogP contribution in [0.5, 0.6) is 0 Å². The molecule has 0 unspecified atom stereocenters. The summed E-state index contributed by atoms with van der Waals surface area (Å²) in [5.74, 6) is -0.779. The van der Waals surface area contributed by atoms with Crippen LogP contribution in [0.1, 0.15) is 12.8 Å². The summed E-state index contributed by atoms with van der Waals surface area (Å²) in [4.78, 5) is 11.2. The molecular weight excluding hydrogens is 184 g/mol. The monoisotopic (exact) mass is 196 g/mol. The molecule has 2 heterocycles. The maximum absolute atomic E-state index is 11.2. The molecule has 0 saturated carbocycles. The van der Waals surface area contributed by atoms with Crippen molar-refractivity contribution >= 4 is 5.97 Å². The molecule has 2 aliphatic heterocycles. The van der Waals surface area contributed by atoms with E-state index in [2.05, 4.69) is 6.58 Å². The molecule has 0 atom stereocenters. The Balaban J connectivity index is 2.17. The van der Waals surface area contributed by atoms with Gasteiger partial charge in [-0.3, -0.25) is 0 Å². The van der Waals surface area contributed by atoms with Gasteiger partial charge in [-0.25, -0.2) is 4.79 Å². The highest BCUT2D eigenvalue weighted by Crippen LogP contribution is 2.30. The van der Waals surface area contributed by atoms with Crippen LogP contribution in [0.4, 0.5) is 0 Å². The highest BCUT2D eigenvalue weighted by atomic mass is 16.7. The first kappa shape index (κ1) is 9.27. The minimum absolute atomic E-state index is 0.384. The lowest BCUT2D eigenvalue weighted by Crippen LogP contribution is -2.42. The van der Waals surface area contributed by atoms with Crippen molar-refractivity contribution in [3.05, 3.63) is 24.5 Å². The van der Waals surface area contributed by atoms with Crippen LogP contribution >= 0.6 is 0 Å². The number of carbonyl (C=O) groups excluding carboxylic acids is 1. The maximum Gasteiger partial charge on any atom is 0.334 e. The molecule has 4 nitrogen and oxygen atoms in total. The molecule has 1 fully saturated rings. The SMILES string of the molecule is C=C1C=CC(=O)OC2(CCOCC2)O1. The number of hydrogen-bond acceptors (Lipinski definition) is 4. The van der Waals surface area contributed by atoms with Crippen molar-refractivity contribution in [2.45, 2.75) is 18.6 Å². The zero-order valence-corrected chi connectivity index (χ0v) is 7.82. The van der Waals surface area contributed by atoms with Crippen molar-refractivity contribution in [1.29, 1.82) is 0 Å². The Labute approximate surface area is 82.1 Å². The Morgan fingerprint density at radius 3 is 2.64 bits per heavy atom. The van der Waals surface area contributed by atoms with Gasteiger partial charge in [0.15, 0.2) is 0 Å². The largest absolute Gasteiger partial charge is 0.453 e. The first-order valence-electron chi connectivity index (χ1n) is 4.57. The first-order chi connectivity index (χ1) is 6.70. The number of esters is 1. The van der Waals surface area contributed by atoms with Crippen molar-refractivity contribution in [3.63, 3.8) is 0 Å². The minimum atomic E-state index is -0.851. The van der Waals surface area contributed by atoms with Gasteiger partial charge in [-0.15, -0.1) is 0 Å². The van der Waals surface area contributed by atoms with Gasteiger partial charge in [0.25, 0.3) is 5.79 Å². The zero-order valence-electron chi connectivity index (χ0n) is 7.82. The van der Waals surface area contributed by atoms with Crippen LogP contribution in [-0.4, -0.2) is 25.0 Å². The van der Waals surface area contributed by atoms with Gasteiger partial charge in [0, 0.05) is 18.9 Å². The summed E-state index contributed by atoms with van der Waals surface area (Å²) < 4.78 is 15.9. The lowest BCUT2D eigenvalue weighted by molar-refractivity contribution is -0.235. The Kier molecular flexibility index (Phi) is 2.29. The Morgan fingerprint density at radius 2 is 1.93 bits per heavy atom. The standard InChI is InChI=1S/C10H12O4/c1-8-2-3-9(11)14-10(13-8)4-6-12-7-5-10/h2-3H,1,4-7H2. The zero-order chi connectivity index (χ0) is 10.0. The molecule has 0 aromatic rings. The summed E-state index contributed by atoms with van der Waals surface area (Å²) in [6, 6.07) is 0. The summed E-state index contributed by atoms with van der Waals surface area (Å²) in [6.07, 6.45) is 3.96. The fourth-order valence-corrected chi connectivity index (χ4v) is 1.56. The fourth-order valence-electron chi connectivity index (χ4n) is 1.56. The smallest absolute Gasteiger partial charge is 0.334 e. The highest BCUT2D eigenvalue weighted by molar-refractivity contribution is 5.83. The van der Waals surface area contributed by atoms with Crippen LogP contribution < -0.4 is 0 Å². The topological polar surface area (TPSA) is 44.8 Å². The molecule has 0 N–H and O–H groups in total. The molecule has 2 aliphatic rings. The molecule has 1 spiro atoms. The van der Waals surface area contributed by atoms with Crippen LogP contribution in [0.15, 0.2) is 24.5 Å². The van der Waals surface area contributed by atoms with E-state index in [-0.39, 0.29) is 5.97 Å². The predicted molar refractivity (Wildman–Crippen MR) is 48.2 cm³/mol. The van der Waals surface area contributed by atoms with Gasteiger partial charge in [0.2, 0.25) is 0 Å². The maximum atomic E-state index is 11.2. The molecule has 14 heavy (non-hydrogen) atoms. The van der Waals surface area contributed by atoms with E-state index < -0.39 is 5.79 Å². The number of ether oxygens (including phenoxy) is 3. The lowest BCUT2D eigenvalue weighted by Gasteiger charge is -2.35. The average Bonchev–Trinajstić information content (AvgIpc) is 2.27. The molecule has 0 bridgehead atoms. The first-order valence-corrected chi connectivity index (χ1v) is 4.57. The fraction of sp³-hybridized carbons (Fsp3) is 0.500. The molecule has 0 aromatic carbocycles. The van der Waals surface area contributed by atoms with Crippen LogP contribution in [0.2, 0.25) is 0 Å². The van der Waals surface area contributed by atoms with E-state index in [1.54, 1.807) is 0 Å². The number of carbonyl (C=O) groups is 1. The van der Waals surface area contributed by atoms with E-state index >= 15 is 0 Å². The summed E-state index contributed by atoms with van der Waals surface area (Å²) in [5, 5.41) is 0. The van der Waals surface area contributed by atoms with E-state index in [9.17, 15) is 4.79 Å². The molecule has 0 aromatic heterocycles. The van der Waals surface area contributed by atoms with E-state index in [1.165, 1.54) is 12.2 Å². The Morgan fingerprint density at radius 1 is 1.21 bits per heavy atom. The van der Waals surface area contributed by atoms with Crippen molar-refractivity contribution in [3.8, 4) is 0 Å². The van der Waals surface area contributed by atoms with Crippen molar-refractivity contribution < 1.29 is 19.0 Å². The summed E-state index contributed by atoms with van der Waals surface area (Å²) in [5.41, 5.74) is 0. The second-order valence-corrected chi connectivity index (χ2v) is 3.35. The third kappa shape index (κ3) is 1.80. The predicted octanol–water partition coefficient (Wildman–Crippen LogP) is 1.14. The van der Waals surface area contributed by atoms with Crippen molar-refractivity contribution in [1.82, 2.24) is 0 Å². The Bertz CT molecular complexity index is 264. The third-order valence-corrected chi connectivity index (χ3v) is 2.26. The highest BCUT2D eigenvalue weighted by Gasteiger charge is 2.39. The summed E-state index contributed by atoms with van der Waals surface area (Å²) in [6.45, 7) is 4.76. The van der Waals surface area contributed by atoms with E-state index in [0.29, 0.717) is 31.8 Å². The van der Waals surface area contributed by atoms with E-state index in [0.717, 1.165) is 0 Å². The van der Waals surface area contributed by atoms with Gasteiger partial charge in [-0.05, 0) is 6.08 Å². The minimum Gasteiger partial charge on any atom is -0.453 e. The Hall–Kier alpha value is -1.29. The average molecular weight is 196 g/mol. The van der Waals surface area contributed by atoms with Gasteiger partial charge >= 0.3 is 5.97 Å². The lowest BCUT2D eigenvalue weighted by atomic mass is 10.1. The molecule has 0 aliphatic carbocycles. The van der Waals surface area contributed by atoms with Crippen molar-refractivity contribution in [2.24, 2.45) is 0 Å². The van der Waals surface area contributed by atoms with Gasteiger partial charge in [-0.1, -0.05) is 6.58 Å². The van der Waals surface area contributed by atoms with Gasteiger partial charge in [-0.2, -0.15) is 0 Å². The molecule has 2 rings (SSSR count). The summed E-state index contributed by atoms with van der Waals surface area (Å²) >= 11 is 0. The van der Waals surface area contributed by atoms with Crippen LogP contribution in [0.3, 0.4) is 0 Å². The quantitative estimate of drug-likeness (QED) is 0.545. The molecule has 0 radical (unpaired) electrons. The van der Waals surface area contributed by atoms with Gasteiger partial charge in [0.1, 0.15) is 5.76 Å². The molecule has 76 valence electrons. The summed E-state index contributed by atoms with van der Waals surface area (Å²) in [7, 11) is 0. The van der Waals surface area contributed by atoms with Crippen LogP contribution in [-0.2, 0) is 19.0 Å². The van der Waals surface area contributed by atoms with E-state index in [1.807, 2.05) is 0 Å². The number of hydrogen-bond donors (Lipinski definition) is 0. The molecular formula is C10H12O4. The van der Waals surface area contributed by atoms with Crippen molar-refractivity contribution in [2.75, 3.05) is 13.2 Å². The molecule has 0 amide bonds. The van der Waals surface area contributed by atoms with Gasteiger partial charge < -0.3 is 14.2 Å². The second kappa shape index (κ2) is 3.46. The third-order valence-electron chi connectivity index (χ3n) is 2.26. The van der Waals surface area contributed by atoms with Crippen LogP contribution in [0, 0.1) is 0 Å². The normalized spacial score (nSPS) is 25.4. The molecule has 4 heteroatoms. The van der Waals surface area contributed by atoms with Gasteiger partial charge in [0.05, 0.1) is 13.2 Å². The molecule has 1 saturated heterocycles. The van der Waals surface area contributed by atoms with Crippen LogP contribution in [0.25, 0.3) is 0 Å². The van der Waals surface area contributed by atoms with E-state index in [4.69, 9.17) is 14.2 Å².